The number of benzene rings is 2. The predicted molar refractivity (Wildman–Crippen MR) is 114 cm³/mol. The standard InChI is InChI=1S/C22H27N3O.CO2/c1-5-6-7-12-25-19-13-15(2)8-10-17(19)21(22(23)26)18-11-9-16(24(3)4)14-20(18)25;2-1-3/h8-11,13-14H,5-7,12H2,1-4H3,(H-,23,26);/p+1. The van der Waals surface area contributed by atoms with Gasteiger partial charge in [0.25, 0.3) is 0 Å². The zero-order valence-electron chi connectivity index (χ0n) is 17.5. The monoisotopic (exact) mass is 394 g/mol. The van der Waals surface area contributed by atoms with Gasteiger partial charge in [-0.3, -0.25) is 4.79 Å². The molecule has 0 spiro atoms. The number of fused-ring (bicyclic) bond motifs is 2. The van der Waals surface area contributed by atoms with Crippen LogP contribution in [0.4, 0.5) is 5.69 Å². The van der Waals surface area contributed by atoms with Gasteiger partial charge in [-0.25, -0.2) is 0 Å². The average molecular weight is 394 g/mol. The largest absolute Gasteiger partial charge is 0.377 e. The van der Waals surface area contributed by atoms with E-state index < -0.39 is 0 Å². The molecule has 3 aromatic rings. The maximum Gasteiger partial charge on any atom is 0.373 e. The molecule has 6 nitrogen and oxygen atoms in total. The van der Waals surface area contributed by atoms with E-state index in [1.54, 1.807) is 0 Å². The first-order chi connectivity index (χ1) is 13.8. The molecule has 152 valence electrons. The fourth-order valence-corrected chi connectivity index (χ4v) is 3.61. The Bertz CT molecular complexity index is 1070. The van der Waals surface area contributed by atoms with E-state index in [1.807, 2.05) is 38.4 Å². The lowest BCUT2D eigenvalue weighted by atomic mass is 9.99. The number of rotatable bonds is 6. The van der Waals surface area contributed by atoms with Crippen LogP contribution >= 0.6 is 0 Å². The zero-order valence-corrected chi connectivity index (χ0v) is 17.5. The fourth-order valence-electron chi connectivity index (χ4n) is 3.61. The van der Waals surface area contributed by atoms with Gasteiger partial charge < -0.3 is 10.6 Å². The van der Waals surface area contributed by atoms with Gasteiger partial charge in [0.1, 0.15) is 6.54 Å². The van der Waals surface area contributed by atoms with Crippen LogP contribution in [0.5, 0.6) is 0 Å². The molecule has 1 aromatic heterocycles. The maximum atomic E-state index is 12.3. The van der Waals surface area contributed by atoms with Gasteiger partial charge in [0, 0.05) is 38.3 Å². The van der Waals surface area contributed by atoms with E-state index in [4.69, 9.17) is 15.3 Å². The van der Waals surface area contributed by atoms with Gasteiger partial charge >= 0.3 is 6.15 Å². The minimum Gasteiger partial charge on any atom is -0.377 e. The summed E-state index contributed by atoms with van der Waals surface area (Å²) < 4.78 is 2.35. The van der Waals surface area contributed by atoms with E-state index in [9.17, 15) is 4.79 Å². The van der Waals surface area contributed by atoms with Crippen molar-refractivity contribution in [1.82, 2.24) is 0 Å². The molecule has 0 aliphatic carbocycles. The number of pyridine rings is 1. The number of hydrogen-bond donors (Lipinski definition) is 1. The lowest BCUT2D eigenvalue weighted by Crippen LogP contribution is -2.37. The Morgan fingerprint density at radius 2 is 1.62 bits per heavy atom. The van der Waals surface area contributed by atoms with Crippen LogP contribution in [-0.2, 0) is 16.1 Å². The molecule has 0 atom stereocenters. The quantitative estimate of drug-likeness (QED) is 0.395. The Morgan fingerprint density at radius 3 is 2.17 bits per heavy atom. The Balaban J connectivity index is 0.000000941. The smallest absolute Gasteiger partial charge is 0.373 e. The van der Waals surface area contributed by atoms with Crippen molar-refractivity contribution in [1.29, 1.82) is 0 Å². The number of unbranched alkanes of at least 4 members (excludes halogenated alkanes) is 2. The first kappa shape index (κ1) is 22.1. The number of carbonyl (C=O) groups excluding carboxylic acids is 3. The van der Waals surface area contributed by atoms with Crippen molar-refractivity contribution in [2.45, 2.75) is 39.7 Å². The van der Waals surface area contributed by atoms with Gasteiger partial charge in [0.15, 0.2) is 0 Å². The molecule has 0 aliphatic heterocycles. The third kappa shape index (κ3) is 4.79. The van der Waals surface area contributed by atoms with Crippen molar-refractivity contribution >= 4 is 39.6 Å². The molecule has 0 saturated carbocycles. The minimum absolute atomic E-state index is 0.250. The molecule has 29 heavy (non-hydrogen) atoms. The van der Waals surface area contributed by atoms with Gasteiger partial charge in [-0.2, -0.15) is 14.2 Å². The minimum atomic E-state index is -0.373. The summed E-state index contributed by atoms with van der Waals surface area (Å²) in [5.41, 5.74) is 10.9. The van der Waals surface area contributed by atoms with Crippen molar-refractivity contribution in [3.05, 3.63) is 47.5 Å². The molecule has 2 aromatic carbocycles. The Morgan fingerprint density at radius 1 is 1.03 bits per heavy atom. The first-order valence-electron chi connectivity index (χ1n) is 9.72. The number of amides is 1. The molecule has 2 N–H and O–H groups in total. The van der Waals surface area contributed by atoms with Crippen molar-refractivity contribution in [3.63, 3.8) is 0 Å². The molecule has 1 heterocycles. The summed E-state index contributed by atoms with van der Waals surface area (Å²) in [5, 5.41) is 1.86. The molecular formula is C23H28N3O3+. The average Bonchev–Trinajstić information content (AvgIpc) is 2.67. The van der Waals surface area contributed by atoms with E-state index >= 15 is 0 Å². The first-order valence-corrected chi connectivity index (χ1v) is 9.72. The zero-order chi connectivity index (χ0) is 21.6. The number of carbonyl (C=O) groups is 1. The maximum absolute atomic E-state index is 12.3. The van der Waals surface area contributed by atoms with Crippen LogP contribution in [0.15, 0.2) is 36.4 Å². The molecule has 0 saturated heterocycles. The number of primary amides is 1. The van der Waals surface area contributed by atoms with Crippen LogP contribution in [0.2, 0.25) is 0 Å². The summed E-state index contributed by atoms with van der Waals surface area (Å²) in [5.74, 6) is -0.373. The summed E-state index contributed by atoms with van der Waals surface area (Å²) in [6.45, 7) is 5.23. The summed E-state index contributed by atoms with van der Waals surface area (Å²) in [7, 11) is 4.06. The van der Waals surface area contributed by atoms with E-state index in [2.05, 4.69) is 35.4 Å². The van der Waals surface area contributed by atoms with Crippen molar-refractivity contribution in [2.75, 3.05) is 19.0 Å². The summed E-state index contributed by atoms with van der Waals surface area (Å²) in [6, 6.07) is 12.5. The second-order valence-electron chi connectivity index (χ2n) is 7.30. The lowest BCUT2D eigenvalue weighted by Gasteiger charge is -2.15. The number of nitrogens with two attached hydrogens (primary N) is 1. The van der Waals surface area contributed by atoms with Gasteiger partial charge in [0.2, 0.25) is 16.9 Å². The molecule has 3 rings (SSSR count). The highest BCUT2D eigenvalue weighted by atomic mass is 16.2. The molecule has 0 unspecified atom stereocenters. The topological polar surface area (TPSA) is 84.3 Å². The molecule has 0 aliphatic rings. The predicted octanol–water partition coefficient (Wildman–Crippen LogP) is 3.36. The molecule has 1 amide bonds. The second kappa shape index (κ2) is 9.80. The molecular weight excluding hydrogens is 366 g/mol. The van der Waals surface area contributed by atoms with Crippen molar-refractivity contribution in [3.8, 4) is 0 Å². The Kier molecular flexibility index (Phi) is 7.46. The van der Waals surface area contributed by atoms with Crippen molar-refractivity contribution < 1.29 is 19.0 Å². The molecule has 6 heteroatoms. The van der Waals surface area contributed by atoms with Crippen molar-refractivity contribution in [2.24, 2.45) is 5.73 Å². The van der Waals surface area contributed by atoms with Crippen LogP contribution in [0.1, 0.15) is 42.1 Å². The van der Waals surface area contributed by atoms with Crippen LogP contribution in [0.25, 0.3) is 21.8 Å². The number of nitrogens with zero attached hydrogens (tertiary/aromatic N) is 2. The highest BCUT2D eigenvalue weighted by Gasteiger charge is 2.23. The number of hydrogen-bond acceptors (Lipinski definition) is 4. The van der Waals surface area contributed by atoms with Gasteiger partial charge in [0.05, 0.1) is 16.3 Å². The molecule has 0 fully saturated rings. The van der Waals surface area contributed by atoms with E-state index in [1.165, 1.54) is 18.4 Å². The van der Waals surface area contributed by atoms with Crippen LogP contribution in [-0.4, -0.2) is 26.2 Å². The summed E-state index contributed by atoms with van der Waals surface area (Å²) >= 11 is 0. The number of aryl methyl sites for hydroxylation is 2. The molecule has 0 bridgehead atoms. The highest BCUT2D eigenvalue weighted by Crippen LogP contribution is 2.28. The van der Waals surface area contributed by atoms with E-state index in [-0.39, 0.29) is 12.1 Å². The van der Waals surface area contributed by atoms with Crippen LogP contribution in [0.3, 0.4) is 0 Å². The number of anilines is 1. The van der Waals surface area contributed by atoms with Crippen LogP contribution in [0, 0.1) is 6.92 Å². The third-order valence-electron chi connectivity index (χ3n) is 5.00. The highest BCUT2D eigenvalue weighted by molar-refractivity contribution is 6.14. The SMILES string of the molecule is CCCCC[n+]1c2cc(C)ccc2c(C(N)=O)c2ccc(N(C)C)cc21.O=C=O. The fraction of sp³-hybridized carbons (Fsp3) is 0.348. The summed E-state index contributed by atoms with van der Waals surface area (Å²) in [4.78, 5) is 30.6. The second-order valence-corrected chi connectivity index (χ2v) is 7.30. The molecule has 0 radical (unpaired) electrons. The Hall–Kier alpha value is -3.24. The van der Waals surface area contributed by atoms with E-state index in [0.29, 0.717) is 5.56 Å². The summed E-state index contributed by atoms with van der Waals surface area (Å²) in [6.07, 6.45) is 3.73. The van der Waals surface area contributed by atoms with Gasteiger partial charge in [-0.05, 0) is 37.1 Å². The van der Waals surface area contributed by atoms with Crippen LogP contribution < -0.4 is 15.2 Å². The Labute approximate surface area is 170 Å². The van der Waals surface area contributed by atoms with Gasteiger partial charge in [-0.15, -0.1) is 0 Å². The van der Waals surface area contributed by atoms with E-state index in [0.717, 1.165) is 40.5 Å². The van der Waals surface area contributed by atoms with Gasteiger partial charge in [-0.1, -0.05) is 19.4 Å². The normalized spacial score (nSPS) is 10.3. The third-order valence-corrected chi connectivity index (χ3v) is 5.00. The lowest BCUT2D eigenvalue weighted by molar-refractivity contribution is -0.645. The number of aromatic nitrogens is 1.